The molecule has 3 N–H and O–H groups in total. The van der Waals surface area contributed by atoms with Gasteiger partial charge in [0.15, 0.2) is 0 Å². The van der Waals surface area contributed by atoms with Crippen LogP contribution in [-0.4, -0.2) is 16.3 Å². The number of amides is 1. The van der Waals surface area contributed by atoms with Crippen molar-refractivity contribution in [3.63, 3.8) is 0 Å². The molecule has 1 rings (SSSR count). The van der Waals surface area contributed by atoms with Crippen molar-refractivity contribution in [2.45, 2.75) is 6.42 Å². The summed E-state index contributed by atoms with van der Waals surface area (Å²) in [6, 6.07) is 4.77. The van der Waals surface area contributed by atoms with Crippen molar-refractivity contribution < 1.29 is 9.90 Å². The Hall–Kier alpha value is -1.29. The first-order valence-corrected chi connectivity index (χ1v) is 5.62. The number of halogens is 1. The molecule has 0 atom stereocenters. The van der Waals surface area contributed by atoms with Crippen LogP contribution in [0.2, 0.25) is 0 Å². The molecule has 0 aliphatic heterocycles. The normalized spacial score (nSPS) is 10.7. The Morgan fingerprint density at radius 1 is 1.53 bits per heavy atom. The number of aromatic hydroxyl groups is 1. The van der Waals surface area contributed by atoms with Gasteiger partial charge < -0.3 is 10.8 Å². The van der Waals surface area contributed by atoms with Crippen molar-refractivity contribution in [2.75, 3.05) is 5.33 Å². The highest BCUT2D eigenvalue weighted by Gasteiger charge is 2.06. The molecule has 0 aromatic heterocycles. The molecule has 0 bridgehead atoms. The zero-order valence-electron chi connectivity index (χ0n) is 8.11. The minimum atomic E-state index is -0.622. The fourth-order valence-electron chi connectivity index (χ4n) is 1.14. The second-order valence-electron chi connectivity index (χ2n) is 3.02. The van der Waals surface area contributed by atoms with E-state index in [9.17, 15) is 9.90 Å². The number of hydrogen-bond acceptors (Lipinski definition) is 2. The summed E-state index contributed by atoms with van der Waals surface area (Å²) in [5, 5.41) is 10.2. The molecule has 15 heavy (non-hydrogen) atoms. The highest BCUT2D eigenvalue weighted by Crippen LogP contribution is 2.18. The van der Waals surface area contributed by atoms with Crippen LogP contribution in [0.15, 0.2) is 24.3 Å². The van der Waals surface area contributed by atoms with E-state index in [4.69, 9.17) is 5.73 Å². The Morgan fingerprint density at radius 3 is 2.87 bits per heavy atom. The maximum Gasteiger partial charge on any atom is 0.252 e. The Kier molecular flexibility index (Phi) is 4.37. The lowest BCUT2D eigenvalue weighted by atomic mass is 10.1. The zero-order valence-corrected chi connectivity index (χ0v) is 9.70. The summed E-state index contributed by atoms with van der Waals surface area (Å²) in [5.41, 5.74) is 6.11. The first-order valence-electron chi connectivity index (χ1n) is 4.50. The highest BCUT2D eigenvalue weighted by atomic mass is 79.9. The van der Waals surface area contributed by atoms with Crippen LogP contribution in [0.1, 0.15) is 22.3 Å². The van der Waals surface area contributed by atoms with E-state index in [0.29, 0.717) is 0 Å². The molecule has 0 saturated heterocycles. The van der Waals surface area contributed by atoms with Crippen LogP contribution in [0.3, 0.4) is 0 Å². The van der Waals surface area contributed by atoms with E-state index in [2.05, 4.69) is 15.9 Å². The minimum absolute atomic E-state index is 0.0832. The van der Waals surface area contributed by atoms with Crippen molar-refractivity contribution >= 4 is 27.9 Å². The average Bonchev–Trinajstić information content (AvgIpc) is 2.20. The molecule has 1 aromatic carbocycles. The zero-order chi connectivity index (χ0) is 11.3. The van der Waals surface area contributed by atoms with Crippen molar-refractivity contribution in [1.82, 2.24) is 0 Å². The van der Waals surface area contributed by atoms with Gasteiger partial charge in [0.1, 0.15) is 5.75 Å². The lowest BCUT2D eigenvalue weighted by molar-refractivity contribution is 0.0998. The van der Waals surface area contributed by atoms with Gasteiger partial charge in [0, 0.05) is 5.33 Å². The highest BCUT2D eigenvalue weighted by molar-refractivity contribution is 9.09. The van der Waals surface area contributed by atoms with Gasteiger partial charge in [-0.25, -0.2) is 0 Å². The van der Waals surface area contributed by atoms with Gasteiger partial charge >= 0.3 is 0 Å². The van der Waals surface area contributed by atoms with Crippen molar-refractivity contribution in [1.29, 1.82) is 0 Å². The molecule has 4 heteroatoms. The first kappa shape index (κ1) is 11.8. The molecule has 3 nitrogen and oxygen atoms in total. The third-order valence-electron chi connectivity index (χ3n) is 1.87. The van der Waals surface area contributed by atoms with Crippen LogP contribution in [0.5, 0.6) is 5.75 Å². The average molecular weight is 270 g/mol. The van der Waals surface area contributed by atoms with Gasteiger partial charge in [0.05, 0.1) is 5.56 Å². The van der Waals surface area contributed by atoms with Gasteiger partial charge in [-0.3, -0.25) is 4.79 Å². The number of allylic oxidation sites excluding steroid dienone is 1. The third kappa shape index (κ3) is 3.40. The summed E-state index contributed by atoms with van der Waals surface area (Å²) in [5.74, 6) is -0.705. The second-order valence-corrected chi connectivity index (χ2v) is 3.81. The standard InChI is InChI=1S/C11H12BrNO2/c12-6-2-1-3-8-4-5-10(14)9(7-8)11(13)15/h1,3-5,7,14H,2,6H2,(H2,13,15). The van der Waals surface area contributed by atoms with E-state index in [1.54, 1.807) is 12.1 Å². The molecule has 1 aromatic rings. The molecular formula is C11H12BrNO2. The van der Waals surface area contributed by atoms with E-state index < -0.39 is 5.91 Å². The summed E-state index contributed by atoms with van der Waals surface area (Å²) in [7, 11) is 0. The molecule has 1 amide bonds. The monoisotopic (exact) mass is 269 g/mol. The van der Waals surface area contributed by atoms with Crippen molar-refractivity contribution in [2.24, 2.45) is 5.73 Å². The van der Waals surface area contributed by atoms with Crippen LogP contribution >= 0.6 is 15.9 Å². The smallest absolute Gasteiger partial charge is 0.252 e. The number of benzene rings is 1. The molecule has 80 valence electrons. The summed E-state index contributed by atoms with van der Waals surface area (Å²) < 4.78 is 0. The lowest BCUT2D eigenvalue weighted by Crippen LogP contribution is -2.11. The Bertz CT molecular complexity index is 388. The van der Waals surface area contributed by atoms with Crippen LogP contribution < -0.4 is 5.73 Å². The topological polar surface area (TPSA) is 63.3 Å². The predicted molar refractivity (Wildman–Crippen MR) is 64.1 cm³/mol. The van der Waals surface area contributed by atoms with E-state index in [0.717, 1.165) is 17.3 Å². The molecule has 0 unspecified atom stereocenters. The SMILES string of the molecule is NC(=O)c1cc(C=CCCBr)ccc1O. The Balaban J connectivity index is 2.92. The summed E-state index contributed by atoms with van der Waals surface area (Å²) >= 11 is 3.31. The van der Waals surface area contributed by atoms with Gasteiger partial charge in [0.25, 0.3) is 5.91 Å². The number of nitrogens with two attached hydrogens (primary N) is 1. The molecule has 0 saturated carbocycles. The summed E-state index contributed by atoms with van der Waals surface area (Å²) in [6.07, 6.45) is 4.77. The number of rotatable bonds is 4. The maximum absolute atomic E-state index is 10.9. The molecule has 0 heterocycles. The fraction of sp³-hybridized carbons (Fsp3) is 0.182. The molecule has 0 fully saturated rings. The first-order chi connectivity index (χ1) is 7.15. The van der Waals surface area contributed by atoms with E-state index in [1.165, 1.54) is 6.07 Å². The van der Waals surface area contributed by atoms with Gasteiger partial charge in [-0.2, -0.15) is 0 Å². The van der Waals surface area contributed by atoms with Crippen molar-refractivity contribution in [3.05, 3.63) is 35.4 Å². The molecule has 0 aliphatic carbocycles. The van der Waals surface area contributed by atoms with Crippen molar-refractivity contribution in [3.8, 4) is 5.75 Å². The number of carbonyl (C=O) groups is 1. The molecule has 0 aliphatic rings. The fourth-order valence-corrected chi connectivity index (χ4v) is 1.40. The lowest BCUT2D eigenvalue weighted by Gasteiger charge is -2.01. The van der Waals surface area contributed by atoms with Gasteiger partial charge in [-0.1, -0.05) is 34.1 Å². The second kappa shape index (κ2) is 5.56. The number of alkyl halides is 1. The maximum atomic E-state index is 10.9. The van der Waals surface area contributed by atoms with Crippen LogP contribution in [0.4, 0.5) is 0 Å². The van der Waals surface area contributed by atoms with E-state index in [-0.39, 0.29) is 11.3 Å². The van der Waals surface area contributed by atoms with Gasteiger partial charge in [-0.15, -0.1) is 0 Å². The van der Waals surface area contributed by atoms with Crippen LogP contribution in [0.25, 0.3) is 6.08 Å². The Morgan fingerprint density at radius 2 is 2.27 bits per heavy atom. The van der Waals surface area contributed by atoms with E-state index in [1.807, 2.05) is 12.2 Å². The van der Waals surface area contributed by atoms with Gasteiger partial charge in [-0.05, 0) is 24.1 Å². The van der Waals surface area contributed by atoms with E-state index >= 15 is 0 Å². The minimum Gasteiger partial charge on any atom is -0.507 e. The Labute approximate surface area is 96.7 Å². The largest absolute Gasteiger partial charge is 0.507 e. The molecule has 0 spiro atoms. The third-order valence-corrected chi connectivity index (χ3v) is 2.33. The number of hydrogen-bond donors (Lipinski definition) is 2. The van der Waals surface area contributed by atoms with Crippen LogP contribution in [0, 0.1) is 0 Å². The predicted octanol–water partition coefficient (Wildman–Crippen LogP) is 2.29. The summed E-state index contributed by atoms with van der Waals surface area (Å²) in [6.45, 7) is 0. The number of phenols is 1. The summed E-state index contributed by atoms with van der Waals surface area (Å²) in [4.78, 5) is 10.9. The molecule has 0 radical (unpaired) electrons. The number of primary amides is 1. The number of carbonyl (C=O) groups excluding carboxylic acids is 1. The van der Waals surface area contributed by atoms with Gasteiger partial charge in [0.2, 0.25) is 0 Å². The van der Waals surface area contributed by atoms with Crippen LogP contribution in [-0.2, 0) is 0 Å². The molecular weight excluding hydrogens is 258 g/mol. The quantitative estimate of drug-likeness (QED) is 0.824.